The maximum Gasteiger partial charge on any atom is 0.337 e. The zero-order valence-electron chi connectivity index (χ0n) is 7.28. The van der Waals surface area contributed by atoms with Crippen LogP contribution in [0.2, 0.25) is 0 Å². The van der Waals surface area contributed by atoms with E-state index in [9.17, 15) is 4.79 Å². The summed E-state index contributed by atoms with van der Waals surface area (Å²) in [4.78, 5) is 15.3. The van der Waals surface area contributed by atoms with E-state index in [0.717, 1.165) is 11.1 Å². The average molecular weight is 175 g/mol. The van der Waals surface area contributed by atoms with E-state index < -0.39 is 0 Å². The number of nitrogens with zero attached hydrogens (tertiary/aromatic N) is 1. The highest BCUT2D eigenvalue weighted by Crippen LogP contribution is 2.16. The number of aliphatic imine (C=N–C) groups is 1. The van der Waals surface area contributed by atoms with Gasteiger partial charge < -0.3 is 4.74 Å². The summed E-state index contributed by atoms with van der Waals surface area (Å²) in [6.07, 6.45) is 1.82. The van der Waals surface area contributed by atoms with Gasteiger partial charge in [0.2, 0.25) is 0 Å². The van der Waals surface area contributed by atoms with Crippen molar-refractivity contribution in [2.75, 3.05) is 7.11 Å². The summed E-state index contributed by atoms with van der Waals surface area (Å²) >= 11 is 0. The number of rotatable bonds is 1. The Morgan fingerprint density at radius 1 is 1.54 bits per heavy atom. The molecule has 3 heteroatoms. The van der Waals surface area contributed by atoms with Gasteiger partial charge in [0.25, 0.3) is 0 Å². The molecule has 0 atom stereocenters. The molecule has 1 aromatic rings. The zero-order chi connectivity index (χ0) is 9.26. The molecule has 0 unspecified atom stereocenters. The number of ether oxygens (including phenoxy) is 1. The van der Waals surface area contributed by atoms with Crippen molar-refractivity contribution in [3.05, 3.63) is 34.9 Å². The number of esters is 1. The van der Waals surface area contributed by atoms with Gasteiger partial charge in [-0.3, -0.25) is 4.99 Å². The lowest BCUT2D eigenvalue weighted by Crippen LogP contribution is -2.02. The van der Waals surface area contributed by atoms with E-state index in [0.29, 0.717) is 12.1 Å². The number of benzene rings is 1. The molecule has 0 aromatic heterocycles. The number of methoxy groups -OCH3 is 1. The summed E-state index contributed by atoms with van der Waals surface area (Å²) in [5.41, 5.74) is 2.77. The van der Waals surface area contributed by atoms with Crippen LogP contribution in [-0.4, -0.2) is 19.3 Å². The molecule has 1 heterocycles. The van der Waals surface area contributed by atoms with Crippen molar-refractivity contribution in [1.82, 2.24) is 0 Å². The summed E-state index contributed by atoms with van der Waals surface area (Å²) in [6, 6.07) is 5.47. The van der Waals surface area contributed by atoms with Gasteiger partial charge in [-0.2, -0.15) is 0 Å². The lowest BCUT2D eigenvalue weighted by molar-refractivity contribution is 0.0600. The van der Waals surface area contributed by atoms with Gasteiger partial charge in [0.15, 0.2) is 0 Å². The Balaban J connectivity index is 2.38. The Hall–Kier alpha value is -1.64. The first-order chi connectivity index (χ1) is 6.31. The summed E-state index contributed by atoms with van der Waals surface area (Å²) < 4.78 is 4.62. The van der Waals surface area contributed by atoms with Crippen LogP contribution in [0.5, 0.6) is 0 Å². The van der Waals surface area contributed by atoms with Crippen LogP contribution in [0.1, 0.15) is 21.5 Å². The van der Waals surface area contributed by atoms with E-state index >= 15 is 0 Å². The molecule has 0 radical (unpaired) electrons. The lowest BCUT2D eigenvalue weighted by atomic mass is 10.1. The molecule has 0 N–H and O–H groups in total. The van der Waals surface area contributed by atoms with Crippen LogP contribution in [0.15, 0.2) is 23.2 Å². The fourth-order valence-corrected chi connectivity index (χ4v) is 1.36. The largest absolute Gasteiger partial charge is 0.465 e. The average Bonchev–Trinajstić information content (AvgIpc) is 2.63. The van der Waals surface area contributed by atoms with Crippen LogP contribution < -0.4 is 0 Å². The van der Waals surface area contributed by atoms with E-state index in [2.05, 4.69) is 9.73 Å². The molecule has 0 spiro atoms. The molecule has 0 bridgehead atoms. The van der Waals surface area contributed by atoms with Crippen molar-refractivity contribution in [1.29, 1.82) is 0 Å². The van der Waals surface area contributed by atoms with Crippen molar-refractivity contribution in [3.63, 3.8) is 0 Å². The first-order valence-electron chi connectivity index (χ1n) is 4.02. The topological polar surface area (TPSA) is 38.7 Å². The summed E-state index contributed by atoms with van der Waals surface area (Å²) in [6.45, 7) is 0.667. The number of hydrogen-bond acceptors (Lipinski definition) is 3. The van der Waals surface area contributed by atoms with Crippen molar-refractivity contribution in [2.24, 2.45) is 4.99 Å². The second kappa shape index (κ2) is 3.01. The predicted molar refractivity (Wildman–Crippen MR) is 49.1 cm³/mol. The van der Waals surface area contributed by atoms with Crippen molar-refractivity contribution in [2.45, 2.75) is 6.54 Å². The number of fused-ring (bicyclic) bond motifs is 1. The third-order valence-electron chi connectivity index (χ3n) is 2.06. The quantitative estimate of drug-likeness (QED) is 0.605. The van der Waals surface area contributed by atoms with E-state index in [1.807, 2.05) is 18.3 Å². The normalized spacial score (nSPS) is 12.7. The smallest absolute Gasteiger partial charge is 0.337 e. The van der Waals surface area contributed by atoms with Gasteiger partial charge >= 0.3 is 5.97 Å². The monoisotopic (exact) mass is 175 g/mol. The Bertz CT molecular complexity index is 383. The number of carbonyl (C=O) groups is 1. The Labute approximate surface area is 76.1 Å². The van der Waals surface area contributed by atoms with Gasteiger partial charge in [0.1, 0.15) is 0 Å². The molecule has 0 aliphatic carbocycles. The Morgan fingerprint density at radius 2 is 2.38 bits per heavy atom. The summed E-state index contributed by atoms with van der Waals surface area (Å²) in [5, 5.41) is 0. The van der Waals surface area contributed by atoms with E-state index in [4.69, 9.17) is 0 Å². The highest BCUT2D eigenvalue weighted by atomic mass is 16.5. The molecular weight excluding hydrogens is 166 g/mol. The molecule has 66 valence electrons. The van der Waals surface area contributed by atoms with Crippen molar-refractivity contribution >= 4 is 12.2 Å². The van der Waals surface area contributed by atoms with Gasteiger partial charge in [-0.05, 0) is 23.3 Å². The Kier molecular flexibility index (Phi) is 1.85. The van der Waals surface area contributed by atoms with E-state index in [1.165, 1.54) is 7.11 Å². The van der Waals surface area contributed by atoms with Crippen LogP contribution >= 0.6 is 0 Å². The third kappa shape index (κ3) is 1.33. The second-order valence-electron chi connectivity index (χ2n) is 2.87. The molecule has 2 rings (SSSR count). The van der Waals surface area contributed by atoms with Crippen molar-refractivity contribution in [3.8, 4) is 0 Å². The molecular formula is C10H9NO2. The van der Waals surface area contributed by atoms with Gasteiger partial charge in [0, 0.05) is 6.21 Å². The highest BCUT2D eigenvalue weighted by molar-refractivity contribution is 5.92. The molecule has 13 heavy (non-hydrogen) atoms. The molecule has 0 saturated heterocycles. The predicted octanol–water partition coefficient (Wildman–Crippen LogP) is 1.41. The van der Waals surface area contributed by atoms with Crippen LogP contribution in [0.3, 0.4) is 0 Å². The first kappa shape index (κ1) is 7.98. The number of hydrogen-bond donors (Lipinski definition) is 0. The van der Waals surface area contributed by atoms with Gasteiger partial charge in [-0.15, -0.1) is 0 Å². The fourth-order valence-electron chi connectivity index (χ4n) is 1.36. The van der Waals surface area contributed by atoms with Crippen LogP contribution in [0.4, 0.5) is 0 Å². The minimum Gasteiger partial charge on any atom is -0.465 e. The molecule has 0 amide bonds. The third-order valence-corrected chi connectivity index (χ3v) is 2.06. The molecule has 0 saturated carbocycles. The molecule has 3 nitrogen and oxygen atoms in total. The summed E-state index contributed by atoms with van der Waals surface area (Å²) in [5.74, 6) is -0.297. The highest BCUT2D eigenvalue weighted by Gasteiger charge is 2.10. The summed E-state index contributed by atoms with van der Waals surface area (Å²) in [7, 11) is 1.38. The van der Waals surface area contributed by atoms with Gasteiger partial charge in [-0.25, -0.2) is 4.79 Å². The van der Waals surface area contributed by atoms with E-state index in [1.54, 1.807) is 6.07 Å². The standard InChI is InChI=1S/C10H9NO2/c1-13-10(12)7-2-3-8-5-11-6-9(8)4-7/h2-5H,6H2,1H3. The molecule has 0 fully saturated rings. The van der Waals surface area contributed by atoms with Crippen LogP contribution in [-0.2, 0) is 11.3 Å². The van der Waals surface area contributed by atoms with Gasteiger partial charge in [-0.1, -0.05) is 6.07 Å². The van der Waals surface area contributed by atoms with E-state index in [-0.39, 0.29) is 5.97 Å². The maximum absolute atomic E-state index is 11.2. The molecule has 1 aliphatic rings. The van der Waals surface area contributed by atoms with Crippen LogP contribution in [0, 0.1) is 0 Å². The molecule has 1 aliphatic heterocycles. The Morgan fingerprint density at radius 3 is 3.15 bits per heavy atom. The fraction of sp³-hybridized carbons (Fsp3) is 0.200. The zero-order valence-corrected chi connectivity index (χ0v) is 7.28. The maximum atomic E-state index is 11.2. The lowest BCUT2D eigenvalue weighted by Gasteiger charge is -2.01. The molecule has 1 aromatic carbocycles. The minimum atomic E-state index is -0.297. The van der Waals surface area contributed by atoms with Gasteiger partial charge in [0.05, 0.1) is 19.2 Å². The van der Waals surface area contributed by atoms with Crippen molar-refractivity contribution < 1.29 is 9.53 Å². The number of carbonyl (C=O) groups excluding carboxylic acids is 1. The SMILES string of the molecule is COC(=O)c1ccc2c(c1)CN=C2. The minimum absolute atomic E-state index is 0.297. The second-order valence-corrected chi connectivity index (χ2v) is 2.87. The van der Waals surface area contributed by atoms with Crippen LogP contribution in [0.25, 0.3) is 0 Å². The first-order valence-corrected chi connectivity index (χ1v) is 4.02.